The Balaban J connectivity index is 1.86. The number of amides is 1. The molecule has 1 amide bonds. The number of aromatic nitrogens is 2. The van der Waals surface area contributed by atoms with Crippen molar-refractivity contribution in [2.45, 2.75) is 20.0 Å². The van der Waals surface area contributed by atoms with E-state index in [2.05, 4.69) is 15.1 Å². The SMILES string of the molecule is CCc1nnsc1C(=O)NOCc1ccccc1. The maximum absolute atomic E-state index is 11.8. The molecular weight excluding hydrogens is 250 g/mol. The number of hydrogen-bond acceptors (Lipinski definition) is 5. The van der Waals surface area contributed by atoms with Crippen molar-refractivity contribution in [3.05, 3.63) is 46.5 Å². The summed E-state index contributed by atoms with van der Waals surface area (Å²) in [5, 5.41) is 3.87. The molecule has 0 fully saturated rings. The number of benzene rings is 1. The van der Waals surface area contributed by atoms with Crippen molar-refractivity contribution in [3.8, 4) is 0 Å². The van der Waals surface area contributed by atoms with Crippen molar-refractivity contribution in [2.75, 3.05) is 0 Å². The molecular formula is C12H13N3O2S. The minimum atomic E-state index is -0.294. The lowest BCUT2D eigenvalue weighted by atomic mass is 10.2. The molecule has 1 N–H and O–H groups in total. The van der Waals surface area contributed by atoms with Gasteiger partial charge in [-0.25, -0.2) is 5.48 Å². The molecule has 94 valence electrons. The van der Waals surface area contributed by atoms with Gasteiger partial charge < -0.3 is 0 Å². The number of nitrogens with zero attached hydrogens (tertiary/aromatic N) is 2. The van der Waals surface area contributed by atoms with Gasteiger partial charge in [-0.1, -0.05) is 41.7 Å². The van der Waals surface area contributed by atoms with Crippen LogP contribution in [0.3, 0.4) is 0 Å². The summed E-state index contributed by atoms with van der Waals surface area (Å²) in [6.45, 7) is 2.26. The minimum Gasteiger partial charge on any atom is -0.269 e. The fourth-order valence-corrected chi connectivity index (χ4v) is 2.05. The van der Waals surface area contributed by atoms with Crippen LogP contribution < -0.4 is 5.48 Å². The van der Waals surface area contributed by atoms with Crippen LogP contribution in [0.2, 0.25) is 0 Å². The van der Waals surface area contributed by atoms with Crippen LogP contribution in [0.15, 0.2) is 30.3 Å². The Morgan fingerprint density at radius 1 is 1.39 bits per heavy atom. The first-order chi connectivity index (χ1) is 8.81. The number of rotatable bonds is 5. The largest absolute Gasteiger partial charge is 0.288 e. The fraction of sp³-hybridized carbons (Fsp3) is 0.250. The molecule has 2 rings (SSSR count). The molecule has 0 saturated heterocycles. The van der Waals surface area contributed by atoms with E-state index in [0.29, 0.717) is 23.6 Å². The van der Waals surface area contributed by atoms with Gasteiger partial charge in [-0.3, -0.25) is 9.63 Å². The molecule has 0 saturated carbocycles. The minimum absolute atomic E-state index is 0.294. The van der Waals surface area contributed by atoms with Crippen molar-refractivity contribution in [3.63, 3.8) is 0 Å². The third-order valence-electron chi connectivity index (χ3n) is 2.34. The monoisotopic (exact) mass is 263 g/mol. The predicted molar refractivity (Wildman–Crippen MR) is 68.0 cm³/mol. The lowest BCUT2D eigenvalue weighted by Crippen LogP contribution is -2.23. The van der Waals surface area contributed by atoms with Gasteiger partial charge in [-0.05, 0) is 23.5 Å². The van der Waals surface area contributed by atoms with Crippen molar-refractivity contribution in [1.82, 2.24) is 15.1 Å². The molecule has 2 aromatic rings. The van der Waals surface area contributed by atoms with Crippen molar-refractivity contribution >= 4 is 17.4 Å². The highest BCUT2D eigenvalue weighted by Gasteiger charge is 2.14. The van der Waals surface area contributed by atoms with Gasteiger partial charge in [0.05, 0.1) is 12.3 Å². The molecule has 0 aliphatic carbocycles. The molecule has 0 aliphatic rings. The smallest absolute Gasteiger partial charge is 0.269 e. The molecule has 0 radical (unpaired) electrons. The average Bonchev–Trinajstić information content (AvgIpc) is 2.88. The second-order valence-corrected chi connectivity index (χ2v) is 4.36. The van der Waals surface area contributed by atoms with Gasteiger partial charge in [0.25, 0.3) is 5.91 Å². The molecule has 0 unspecified atom stereocenters. The van der Waals surface area contributed by atoms with E-state index in [1.165, 1.54) is 0 Å². The van der Waals surface area contributed by atoms with Crippen LogP contribution in [0.5, 0.6) is 0 Å². The molecule has 5 nitrogen and oxygen atoms in total. The molecule has 0 bridgehead atoms. The molecule has 0 aliphatic heterocycles. The van der Waals surface area contributed by atoms with Gasteiger partial charge in [-0.2, -0.15) is 0 Å². The summed E-state index contributed by atoms with van der Waals surface area (Å²) in [6.07, 6.45) is 0.679. The van der Waals surface area contributed by atoms with Gasteiger partial charge in [-0.15, -0.1) is 5.10 Å². The van der Waals surface area contributed by atoms with Crippen LogP contribution in [-0.2, 0) is 17.9 Å². The zero-order valence-corrected chi connectivity index (χ0v) is 10.7. The Morgan fingerprint density at radius 3 is 2.89 bits per heavy atom. The number of aryl methyl sites for hydroxylation is 1. The van der Waals surface area contributed by atoms with Crippen molar-refractivity contribution in [1.29, 1.82) is 0 Å². The van der Waals surface area contributed by atoms with Crippen LogP contribution in [-0.4, -0.2) is 15.5 Å². The molecule has 0 spiro atoms. The van der Waals surface area contributed by atoms with E-state index >= 15 is 0 Å². The number of nitrogens with one attached hydrogen (secondary N) is 1. The summed E-state index contributed by atoms with van der Waals surface area (Å²) >= 11 is 1.08. The van der Waals surface area contributed by atoms with Crippen LogP contribution in [0.4, 0.5) is 0 Å². The Hall–Kier alpha value is -1.79. The summed E-state index contributed by atoms with van der Waals surface area (Å²) in [7, 11) is 0. The normalized spacial score (nSPS) is 10.3. The fourth-order valence-electron chi connectivity index (χ4n) is 1.42. The molecule has 0 atom stereocenters. The van der Waals surface area contributed by atoms with Gasteiger partial charge in [0, 0.05) is 0 Å². The summed E-state index contributed by atoms with van der Waals surface area (Å²) in [4.78, 5) is 17.4. The Kier molecular flexibility index (Phi) is 4.38. The summed E-state index contributed by atoms with van der Waals surface area (Å²) in [5.74, 6) is -0.294. The molecule has 1 aromatic carbocycles. The summed E-state index contributed by atoms with van der Waals surface area (Å²) < 4.78 is 3.76. The highest BCUT2D eigenvalue weighted by molar-refractivity contribution is 7.07. The van der Waals surface area contributed by atoms with Crippen LogP contribution in [0.25, 0.3) is 0 Å². The average molecular weight is 263 g/mol. The quantitative estimate of drug-likeness (QED) is 0.838. The van der Waals surface area contributed by atoms with E-state index in [1.54, 1.807) is 0 Å². The highest BCUT2D eigenvalue weighted by atomic mass is 32.1. The van der Waals surface area contributed by atoms with E-state index < -0.39 is 0 Å². The topological polar surface area (TPSA) is 64.1 Å². The Bertz CT molecular complexity index is 513. The van der Waals surface area contributed by atoms with E-state index in [0.717, 1.165) is 17.1 Å². The number of carbonyl (C=O) groups excluding carboxylic acids is 1. The Morgan fingerprint density at radius 2 is 2.17 bits per heavy atom. The Labute approximate surface area is 109 Å². The lowest BCUT2D eigenvalue weighted by Gasteiger charge is -2.04. The third kappa shape index (κ3) is 3.12. The third-order valence-corrected chi connectivity index (χ3v) is 3.11. The number of hydrogen-bond donors (Lipinski definition) is 1. The lowest BCUT2D eigenvalue weighted by molar-refractivity contribution is 0.0236. The predicted octanol–water partition coefficient (Wildman–Crippen LogP) is 1.96. The van der Waals surface area contributed by atoms with Gasteiger partial charge in [0.15, 0.2) is 0 Å². The van der Waals surface area contributed by atoms with E-state index in [-0.39, 0.29) is 5.91 Å². The van der Waals surface area contributed by atoms with Gasteiger partial charge in [0.2, 0.25) is 0 Å². The van der Waals surface area contributed by atoms with Crippen LogP contribution >= 0.6 is 11.5 Å². The maximum atomic E-state index is 11.8. The molecule has 6 heteroatoms. The second kappa shape index (κ2) is 6.23. The number of carbonyl (C=O) groups is 1. The number of hydroxylamine groups is 1. The molecule has 1 heterocycles. The standard InChI is InChI=1S/C12H13N3O2S/c1-2-10-11(18-15-13-10)12(16)14-17-8-9-6-4-3-5-7-9/h3-7H,2,8H2,1H3,(H,14,16). The molecule has 1 aromatic heterocycles. The second-order valence-electron chi connectivity index (χ2n) is 3.61. The van der Waals surface area contributed by atoms with E-state index in [1.807, 2.05) is 37.3 Å². The van der Waals surface area contributed by atoms with Gasteiger partial charge >= 0.3 is 0 Å². The first kappa shape index (κ1) is 12.7. The summed E-state index contributed by atoms with van der Waals surface area (Å²) in [6, 6.07) is 9.62. The zero-order valence-electron chi connectivity index (χ0n) is 9.92. The van der Waals surface area contributed by atoms with Crippen LogP contribution in [0.1, 0.15) is 27.9 Å². The highest BCUT2D eigenvalue weighted by Crippen LogP contribution is 2.10. The first-order valence-corrected chi connectivity index (χ1v) is 6.36. The van der Waals surface area contributed by atoms with E-state index in [9.17, 15) is 4.79 Å². The van der Waals surface area contributed by atoms with Gasteiger partial charge in [0.1, 0.15) is 4.88 Å². The summed E-state index contributed by atoms with van der Waals surface area (Å²) in [5.41, 5.74) is 4.09. The maximum Gasteiger partial charge on any atom is 0.288 e. The van der Waals surface area contributed by atoms with E-state index in [4.69, 9.17) is 4.84 Å². The molecule has 18 heavy (non-hydrogen) atoms. The first-order valence-electron chi connectivity index (χ1n) is 5.58. The van der Waals surface area contributed by atoms with Crippen LogP contribution in [0, 0.1) is 0 Å². The van der Waals surface area contributed by atoms with Crippen molar-refractivity contribution in [2.24, 2.45) is 0 Å². The zero-order chi connectivity index (χ0) is 12.8. The van der Waals surface area contributed by atoms with Crippen molar-refractivity contribution < 1.29 is 9.63 Å².